The van der Waals surface area contributed by atoms with Crippen molar-refractivity contribution in [2.45, 2.75) is 12.3 Å². The molecule has 4 heteroatoms. The number of hydrogen-bond donors (Lipinski definition) is 2. The molecule has 0 saturated heterocycles. The Morgan fingerprint density at radius 3 is 2.82 bits per heavy atom. The lowest BCUT2D eigenvalue weighted by atomic mass is 9.88. The highest BCUT2D eigenvalue weighted by atomic mass is 35.5. The topological polar surface area (TPSA) is 51.0 Å². The Labute approximate surface area is 135 Å². The second kappa shape index (κ2) is 6.42. The van der Waals surface area contributed by atoms with Crippen LogP contribution >= 0.6 is 11.6 Å². The Hall–Kier alpha value is -1.97. The smallest absolute Gasteiger partial charge is 0.119 e. The molecule has 114 valence electrons. The van der Waals surface area contributed by atoms with Crippen molar-refractivity contribution >= 4 is 22.5 Å². The molecular formula is C18H19ClN2O. The summed E-state index contributed by atoms with van der Waals surface area (Å²) < 4.78 is 5.35. The molecule has 0 radical (unpaired) electrons. The van der Waals surface area contributed by atoms with Crippen LogP contribution in [0.2, 0.25) is 5.02 Å². The second-order valence-corrected chi connectivity index (χ2v) is 5.72. The number of para-hydroxylation sites is 1. The number of methoxy groups -OCH3 is 1. The zero-order valence-corrected chi connectivity index (χ0v) is 13.2. The summed E-state index contributed by atoms with van der Waals surface area (Å²) in [6.07, 6.45) is 2.91. The molecule has 0 aliphatic carbocycles. The molecule has 3 nitrogen and oxygen atoms in total. The second-order valence-electron chi connectivity index (χ2n) is 5.31. The summed E-state index contributed by atoms with van der Waals surface area (Å²) in [4.78, 5) is 3.29. The van der Waals surface area contributed by atoms with Gasteiger partial charge in [-0.1, -0.05) is 35.9 Å². The van der Waals surface area contributed by atoms with Gasteiger partial charge in [-0.25, -0.2) is 0 Å². The Bertz CT molecular complexity index is 782. The van der Waals surface area contributed by atoms with Crippen molar-refractivity contribution in [3.63, 3.8) is 0 Å². The van der Waals surface area contributed by atoms with Crippen LogP contribution in [0.1, 0.15) is 23.5 Å². The van der Waals surface area contributed by atoms with E-state index in [1.165, 1.54) is 11.1 Å². The van der Waals surface area contributed by atoms with Crippen LogP contribution in [0, 0.1) is 0 Å². The van der Waals surface area contributed by atoms with Crippen molar-refractivity contribution < 1.29 is 4.74 Å². The van der Waals surface area contributed by atoms with Crippen molar-refractivity contribution in [3.8, 4) is 5.75 Å². The number of H-pyrrole nitrogens is 1. The number of aromatic nitrogens is 1. The van der Waals surface area contributed by atoms with Crippen molar-refractivity contribution in [1.82, 2.24) is 4.98 Å². The van der Waals surface area contributed by atoms with Crippen LogP contribution in [0.5, 0.6) is 5.75 Å². The molecule has 1 atom stereocenters. The molecule has 3 rings (SSSR count). The van der Waals surface area contributed by atoms with Crippen LogP contribution in [0.4, 0.5) is 0 Å². The highest BCUT2D eigenvalue weighted by Crippen LogP contribution is 2.36. The van der Waals surface area contributed by atoms with Crippen LogP contribution < -0.4 is 10.5 Å². The lowest BCUT2D eigenvalue weighted by Gasteiger charge is -2.17. The third-order valence-corrected chi connectivity index (χ3v) is 4.34. The summed E-state index contributed by atoms with van der Waals surface area (Å²) >= 11 is 6.27. The molecule has 1 unspecified atom stereocenters. The van der Waals surface area contributed by atoms with E-state index in [2.05, 4.69) is 23.2 Å². The fourth-order valence-electron chi connectivity index (χ4n) is 2.95. The summed E-state index contributed by atoms with van der Waals surface area (Å²) in [7, 11) is 1.68. The SMILES string of the molecule is COc1cccc(C(CCN)c2c[nH]c3c(Cl)cccc23)c1. The summed E-state index contributed by atoms with van der Waals surface area (Å²) in [6, 6.07) is 14.1. The first-order chi connectivity index (χ1) is 10.7. The molecule has 0 bridgehead atoms. The van der Waals surface area contributed by atoms with Gasteiger partial charge in [-0.3, -0.25) is 0 Å². The van der Waals surface area contributed by atoms with Gasteiger partial charge in [-0.15, -0.1) is 0 Å². The first-order valence-electron chi connectivity index (χ1n) is 7.34. The molecule has 1 aromatic heterocycles. The maximum Gasteiger partial charge on any atom is 0.119 e. The van der Waals surface area contributed by atoms with E-state index in [9.17, 15) is 0 Å². The molecular weight excluding hydrogens is 296 g/mol. The van der Waals surface area contributed by atoms with E-state index in [4.69, 9.17) is 22.1 Å². The molecule has 3 aromatic rings. The van der Waals surface area contributed by atoms with E-state index in [1.54, 1.807) is 7.11 Å². The van der Waals surface area contributed by atoms with Crippen LogP contribution in [0.3, 0.4) is 0 Å². The Balaban J connectivity index is 2.11. The third-order valence-electron chi connectivity index (χ3n) is 4.02. The van der Waals surface area contributed by atoms with Gasteiger partial charge in [0.1, 0.15) is 5.75 Å². The Morgan fingerprint density at radius 1 is 1.23 bits per heavy atom. The summed E-state index contributed by atoms with van der Waals surface area (Å²) in [5, 5.41) is 1.88. The lowest BCUT2D eigenvalue weighted by Crippen LogP contribution is -2.08. The van der Waals surface area contributed by atoms with Gasteiger partial charge in [0.2, 0.25) is 0 Å². The van der Waals surface area contributed by atoms with Crippen LogP contribution in [0.25, 0.3) is 10.9 Å². The van der Waals surface area contributed by atoms with Gasteiger partial charge in [-0.05, 0) is 42.3 Å². The molecule has 0 saturated carbocycles. The monoisotopic (exact) mass is 314 g/mol. The maximum absolute atomic E-state index is 6.27. The predicted octanol–water partition coefficient (Wildman–Crippen LogP) is 4.31. The fourth-order valence-corrected chi connectivity index (χ4v) is 3.18. The Morgan fingerprint density at radius 2 is 2.05 bits per heavy atom. The number of nitrogens with one attached hydrogen (secondary N) is 1. The molecule has 0 spiro atoms. The number of rotatable bonds is 5. The van der Waals surface area contributed by atoms with Gasteiger partial charge in [0.25, 0.3) is 0 Å². The minimum absolute atomic E-state index is 0.215. The van der Waals surface area contributed by atoms with Crippen molar-refractivity contribution in [3.05, 3.63) is 64.8 Å². The van der Waals surface area contributed by atoms with Gasteiger partial charge >= 0.3 is 0 Å². The van der Waals surface area contributed by atoms with E-state index in [0.29, 0.717) is 6.54 Å². The van der Waals surface area contributed by atoms with Crippen LogP contribution in [-0.2, 0) is 0 Å². The van der Waals surface area contributed by atoms with E-state index < -0.39 is 0 Å². The van der Waals surface area contributed by atoms with E-state index >= 15 is 0 Å². The van der Waals surface area contributed by atoms with E-state index in [0.717, 1.165) is 28.1 Å². The first-order valence-corrected chi connectivity index (χ1v) is 7.72. The summed E-state index contributed by atoms with van der Waals surface area (Å²) in [6.45, 7) is 0.620. The van der Waals surface area contributed by atoms with Crippen LogP contribution in [0.15, 0.2) is 48.7 Å². The van der Waals surface area contributed by atoms with Gasteiger partial charge in [0.05, 0.1) is 17.6 Å². The number of halogens is 1. The zero-order valence-electron chi connectivity index (χ0n) is 12.5. The number of nitrogens with two attached hydrogens (primary N) is 1. The lowest BCUT2D eigenvalue weighted by molar-refractivity contribution is 0.414. The first kappa shape index (κ1) is 14.9. The largest absolute Gasteiger partial charge is 0.497 e. The van der Waals surface area contributed by atoms with Gasteiger partial charge < -0.3 is 15.5 Å². The molecule has 0 aliphatic rings. The standard InChI is InChI=1S/C18H19ClN2O/c1-22-13-5-2-4-12(10-13)14(8-9-20)16-11-21-18-15(16)6-3-7-17(18)19/h2-7,10-11,14,21H,8-9,20H2,1H3. The number of hydrogen-bond acceptors (Lipinski definition) is 2. The van der Waals surface area contributed by atoms with Crippen LogP contribution in [-0.4, -0.2) is 18.6 Å². The van der Waals surface area contributed by atoms with Gasteiger partial charge in [0.15, 0.2) is 0 Å². The fraction of sp³-hybridized carbons (Fsp3) is 0.222. The molecule has 0 amide bonds. The summed E-state index contributed by atoms with van der Waals surface area (Å²) in [5.74, 6) is 1.07. The number of ether oxygens (including phenoxy) is 1. The minimum Gasteiger partial charge on any atom is -0.497 e. The Kier molecular flexibility index (Phi) is 4.36. The highest BCUT2D eigenvalue weighted by Gasteiger charge is 2.18. The molecule has 0 aliphatic heterocycles. The number of benzene rings is 2. The molecule has 0 fully saturated rings. The summed E-state index contributed by atoms with van der Waals surface area (Å²) in [5.41, 5.74) is 9.24. The van der Waals surface area contributed by atoms with E-state index in [-0.39, 0.29) is 5.92 Å². The number of fused-ring (bicyclic) bond motifs is 1. The predicted molar refractivity (Wildman–Crippen MR) is 91.8 cm³/mol. The maximum atomic E-state index is 6.27. The highest BCUT2D eigenvalue weighted by molar-refractivity contribution is 6.35. The third kappa shape index (κ3) is 2.70. The zero-order chi connectivity index (χ0) is 15.5. The van der Waals surface area contributed by atoms with Crippen molar-refractivity contribution in [2.24, 2.45) is 5.73 Å². The normalized spacial score (nSPS) is 12.5. The van der Waals surface area contributed by atoms with Crippen molar-refractivity contribution in [2.75, 3.05) is 13.7 Å². The molecule has 1 heterocycles. The van der Waals surface area contributed by atoms with E-state index in [1.807, 2.05) is 30.5 Å². The average molecular weight is 315 g/mol. The minimum atomic E-state index is 0.215. The number of aromatic amines is 1. The van der Waals surface area contributed by atoms with Gasteiger partial charge in [-0.2, -0.15) is 0 Å². The molecule has 3 N–H and O–H groups in total. The average Bonchev–Trinajstić information content (AvgIpc) is 2.98. The molecule has 2 aromatic carbocycles. The van der Waals surface area contributed by atoms with Crippen molar-refractivity contribution in [1.29, 1.82) is 0 Å². The van der Waals surface area contributed by atoms with Gasteiger partial charge in [0, 0.05) is 17.5 Å². The quantitative estimate of drug-likeness (QED) is 0.737. The molecule has 22 heavy (non-hydrogen) atoms.